The second kappa shape index (κ2) is 16.5. The normalized spacial score (nSPS) is 13.2. The minimum Gasteiger partial charge on any atom is -0.495 e. The highest BCUT2D eigenvalue weighted by atomic mass is 35.5. The van der Waals surface area contributed by atoms with Crippen LogP contribution in [0.1, 0.15) is 5.56 Å². The second-order valence-electron chi connectivity index (χ2n) is 12.3. The largest absolute Gasteiger partial charge is 0.495 e. The van der Waals surface area contributed by atoms with Crippen LogP contribution in [0, 0.1) is 0 Å². The minimum atomic E-state index is -0.410. The van der Waals surface area contributed by atoms with E-state index in [9.17, 15) is 9.59 Å². The number of hydrogen-bond acceptors (Lipinski definition) is 10. The predicted molar refractivity (Wildman–Crippen MR) is 207 cm³/mol. The third-order valence-electron chi connectivity index (χ3n) is 8.44. The number of likely N-dealkylation sites (N-methyl/N-ethyl adjacent to an activating group) is 1. The number of pyridine rings is 1. The van der Waals surface area contributed by atoms with Gasteiger partial charge < -0.3 is 34.6 Å². The molecule has 5 aromatic rings. The van der Waals surface area contributed by atoms with Crippen molar-refractivity contribution in [1.82, 2.24) is 19.4 Å². The highest BCUT2D eigenvalue weighted by Crippen LogP contribution is 2.45. The Bertz CT molecular complexity index is 2140. The summed E-state index contributed by atoms with van der Waals surface area (Å²) in [5.74, 6) is 0.628. The lowest BCUT2D eigenvalue weighted by Crippen LogP contribution is -2.36. The third kappa shape index (κ3) is 8.32. The van der Waals surface area contributed by atoms with Crippen LogP contribution in [0.15, 0.2) is 83.8 Å². The predicted octanol–water partition coefficient (Wildman–Crippen LogP) is 6.47. The van der Waals surface area contributed by atoms with Gasteiger partial charge in [-0.25, -0.2) is 4.98 Å². The molecule has 1 saturated heterocycles. The number of aromatic nitrogens is 3. The molecule has 3 aromatic carbocycles. The SMILES string of the molecule is COc1cc(OC)c(Cl)c(-c2cc3cnc(Nc4ccc(N5CCOCC5)cc4)nc3n(Cc3cccc(NC(=O)/C=C/CN(C)C)c3)c2=O)c1Cl. The summed E-state index contributed by atoms with van der Waals surface area (Å²) in [7, 11) is 6.79. The zero-order chi connectivity index (χ0) is 36.8. The van der Waals surface area contributed by atoms with Crippen LogP contribution in [0.4, 0.5) is 23.0 Å². The molecule has 0 radical (unpaired) electrons. The molecule has 0 bridgehead atoms. The molecule has 12 nitrogen and oxygen atoms in total. The van der Waals surface area contributed by atoms with Gasteiger partial charge in [0.05, 0.1) is 49.6 Å². The Labute approximate surface area is 311 Å². The minimum absolute atomic E-state index is 0.102. The van der Waals surface area contributed by atoms with E-state index in [2.05, 4.69) is 20.5 Å². The van der Waals surface area contributed by atoms with Gasteiger partial charge in [0.1, 0.15) is 17.1 Å². The van der Waals surface area contributed by atoms with E-state index in [1.54, 1.807) is 30.5 Å². The van der Waals surface area contributed by atoms with Crippen LogP contribution in [-0.2, 0) is 16.1 Å². The first-order valence-corrected chi connectivity index (χ1v) is 17.3. The molecule has 0 atom stereocenters. The number of ether oxygens (including phenoxy) is 3. The Balaban J connectivity index is 1.41. The Morgan fingerprint density at radius 1 is 0.981 bits per heavy atom. The van der Waals surface area contributed by atoms with Gasteiger partial charge in [0, 0.05) is 66.0 Å². The lowest BCUT2D eigenvalue weighted by molar-refractivity contribution is -0.111. The molecule has 2 aromatic heterocycles. The number of rotatable bonds is 12. The number of fused-ring (bicyclic) bond motifs is 1. The lowest BCUT2D eigenvalue weighted by Gasteiger charge is -2.28. The quantitative estimate of drug-likeness (QED) is 0.138. The van der Waals surface area contributed by atoms with Gasteiger partial charge in [-0.3, -0.25) is 14.2 Å². The van der Waals surface area contributed by atoms with Crippen molar-refractivity contribution in [3.05, 3.63) is 105 Å². The molecule has 52 heavy (non-hydrogen) atoms. The highest BCUT2D eigenvalue weighted by Gasteiger charge is 2.23. The fourth-order valence-corrected chi connectivity index (χ4v) is 6.56. The summed E-state index contributed by atoms with van der Waals surface area (Å²) in [4.78, 5) is 40.8. The van der Waals surface area contributed by atoms with Crippen molar-refractivity contribution in [3.63, 3.8) is 0 Å². The zero-order valence-electron chi connectivity index (χ0n) is 29.3. The molecule has 2 N–H and O–H groups in total. The van der Waals surface area contributed by atoms with Crippen molar-refractivity contribution < 1.29 is 19.0 Å². The maximum absolute atomic E-state index is 14.6. The zero-order valence-corrected chi connectivity index (χ0v) is 30.8. The first-order valence-electron chi connectivity index (χ1n) is 16.6. The van der Waals surface area contributed by atoms with E-state index in [-0.39, 0.29) is 33.6 Å². The van der Waals surface area contributed by atoms with Crippen molar-refractivity contribution in [2.45, 2.75) is 6.54 Å². The van der Waals surface area contributed by atoms with Crippen LogP contribution < -0.4 is 30.6 Å². The van der Waals surface area contributed by atoms with Crippen LogP contribution in [0.5, 0.6) is 11.5 Å². The van der Waals surface area contributed by atoms with Crippen LogP contribution in [0.3, 0.4) is 0 Å². The van der Waals surface area contributed by atoms with Crippen molar-refractivity contribution >= 4 is 63.2 Å². The van der Waals surface area contributed by atoms with Crippen molar-refractivity contribution in [2.24, 2.45) is 0 Å². The van der Waals surface area contributed by atoms with Crippen LogP contribution in [0.2, 0.25) is 10.0 Å². The molecule has 0 saturated carbocycles. The first kappa shape index (κ1) is 36.6. The summed E-state index contributed by atoms with van der Waals surface area (Å²) in [6.07, 6.45) is 4.91. The van der Waals surface area contributed by atoms with Crippen LogP contribution >= 0.6 is 23.2 Å². The molecular weight excluding hydrogens is 705 g/mol. The molecule has 270 valence electrons. The molecule has 0 spiro atoms. The number of amides is 1. The summed E-state index contributed by atoms with van der Waals surface area (Å²) >= 11 is 13.6. The number of hydrogen-bond donors (Lipinski definition) is 2. The number of carbonyl (C=O) groups is 1. The summed E-state index contributed by atoms with van der Waals surface area (Å²) in [5.41, 5.74) is 3.63. The lowest BCUT2D eigenvalue weighted by atomic mass is 10.0. The van der Waals surface area contributed by atoms with Gasteiger partial charge in [0.15, 0.2) is 0 Å². The number of methoxy groups -OCH3 is 2. The fourth-order valence-electron chi connectivity index (χ4n) is 5.86. The standard InChI is InChI=1S/C38H39Cl2N7O5/c1-45(2)14-6-9-32(48)42-27-8-5-7-24(19-27)23-47-36-25(20-29(37(47)49)33-34(39)30(50-3)21-31(51-4)35(33)40)22-41-38(44-36)43-26-10-12-28(13-11-26)46-15-17-52-18-16-46/h5-13,19-22H,14-18,23H2,1-4H3,(H,42,48)(H,41,43,44)/b9-6+. The maximum Gasteiger partial charge on any atom is 0.260 e. The van der Waals surface area contributed by atoms with Gasteiger partial charge in [-0.1, -0.05) is 41.4 Å². The van der Waals surface area contributed by atoms with Crippen molar-refractivity contribution in [1.29, 1.82) is 0 Å². The van der Waals surface area contributed by atoms with E-state index >= 15 is 0 Å². The van der Waals surface area contributed by atoms with E-state index in [0.717, 1.165) is 30.0 Å². The topological polar surface area (TPSA) is 123 Å². The average Bonchev–Trinajstić information content (AvgIpc) is 3.14. The number of benzene rings is 3. The number of morpholine rings is 1. The average molecular weight is 745 g/mol. The van der Waals surface area contributed by atoms with Gasteiger partial charge >= 0.3 is 0 Å². The third-order valence-corrected chi connectivity index (χ3v) is 9.20. The molecule has 0 aliphatic carbocycles. The van der Waals surface area contributed by atoms with Crippen LogP contribution in [-0.4, -0.2) is 86.5 Å². The summed E-state index contributed by atoms with van der Waals surface area (Å²) in [6.45, 7) is 3.80. The Hall–Kier alpha value is -5.14. The van der Waals surface area contributed by atoms with Gasteiger partial charge in [-0.2, -0.15) is 4.98 Å². The van der Waals surface area contributed by atoms with Crippen molar-refractivity contribution in [2.75, 3.05) is 76.7 Å². The molecule has 1 aliphatic rings. The van der Waals surface area contributed by atoms with Gasteiger partial charge in [-0.15, -0.1) is 0 Å². The Kier molecular flexibility index (Phi) is 11.6. The number of nitrogens with zero attached hydrogens (tertiary/aromatic N) is 5. The number of nitrogens with one attached hydrogen (secondary N) is 2. The van der Waals surface area contributed by atoms with E-state index < -0.39 is 5.56 Å². The highest BCUT2D eigenvalue weighted by molar-refractivity contribution is 6.41. The molecule has 14 heteroatoms. The molecule has 1 amide bonds. The van der Waals surface area contributed by atoms with Gasteiger partial charge in [-0.05, 0) is 62.1 Å². The second-order valence-corrected chi connectivity index (χ2v) is 13.1. The maximum atomic E-state index is 14.6. The Morgan fingerprint density at radius 2 is 1.69 bits per heavy atom. The van der Waals surface area contributed by atoms with Gasteiger partial charge in [0.25, 0.3) is 5.56 Å². The van der Waals surface area contributed by atoms with E-state index in [0.29, 0.717) is 53.9 Å². The molecule has 0 unspecified atom stereocenters. The smallest absolute Gasteiger partial charge is 0.260 e. The summed E-state index contributed by atoms with van der Waals surface area (Å²) in [6, 6.07) is 18.5. The number of anilines is 4. The first-order chi connectivity index (χ1) is 25.1. The number of halogens is 2. The summed E-state index contributed by atoms with van der Waals surface area (Å²) < 4.78 is 18.0. The molecular formula is C38H39Cl2N7O5. The molecule has 1 aliphatic heterocycles. The Morgan fingerprint density at radius 3 is 2.37 bits per heavy atom. The summed E-state index contributed by atoms with van der Waals surface area (Å²) in [5, 5.41) is 7.04. The number of carbonyl (C=O) groups excluding carboxylic acids is 1. The van der Waals surface area contributed by atoms with Gasteiger partial charge in [0.2, 0.25) is 11.9 Å². The van der Waals surface area contributed by atoms with E-state index in [1.165, 1.54) is 24.9 Å². The van der Waals surface area contributed by atoms with E-state index in [1.807, 2.05) is 61.5 Å². The van der Waals surface area contributed by atoms with E-state index in [4.69, 9.17) is 42.4 Å². The monoisotopic (exact) mass is 743 g/mol. The fraction of sp³-hybridized carbons (Fsp3) is 0.263. The molecule has 6 rings (SSSR count). The van der Waals surface area contributed by atoms with Crippen molar-refractivity contribution in [3.8, 4) is 22.6 Å². The molecule has 1 fully saturated rings. The molecule has 3 heterocycles. The van der Waals surface area contributed by atoms with Crippen LogP contribution in [0.25, 0.3) is 22.2 Å².